The van der Waals surface area contributed by atoms with Gasteiger partial charge < -0.3 is 16.0 Å². The summed E-state index contributed by atoms with van der Waals surface area (Å²) in [5.41, 5.74) is 7.12. The van der Waals surface area contributed by atoms with Gasteiger partial charge in [0.2, 0.25) is 0 Å². The van der Waals surface area contributed by atoms with Gasteiger partial charge in [0, 0.05) is 45.0 Å². The molecule has 0 unspecified atom stereocenters. The molecule has 122 valence electrons. The highest BCUT2D eigenvalue weighted by Gasteiger charge is 2.16. The minimum Gasteiger partial charge on any atom is -0.370 e. The molecule has 1 saturated heterocycles. The quantitative estimate of drug-likeness (QED) is 0.455. The van der Waals surface area contributed by atoms with E-state index in [4.69, 9.17) is 5.73 Å². The normalized spacial score (nSPS) is 16.8. The van der Waals surface area contributed by atoms with E-state index >= 15 is 0 Å². The zero-order valence-corrected chi connectivity index (χ0v) is 13.7. The predicted molar refractivity (Wildman–Crippen MR) is 94.5 cm³/mol. The highest BCUT2D eigenvalue weighted by molar-refractivity contribution is 5.77. The molecule has 0 amide bonds. The van der Waals surface area contributed by atoms with E-state index in [1.165, 1.54) is 5.69 Å². The smallest absolute Gasteiger partial charge is 0.188 e. The standard InChI is InChI=1S/C17H29N5/c1-2-9-19-17(18)20-10-6-11-21-12-14-22(15-13-21)16-7-4-3-5-8-16/h3-5,7-8H,2,6,9-15H2,1H3,(H3,18,19,20). The summed E-state index contributed by atoms with van der Waals surface area (Å²) in [5, 5.41) is 3.18. The van der Waals surface area contributed by atoms with Crippen molar-refractivity contribution in [1.29, 1.82) is 0 Å². The summed E-state index contributed by atoms with van der Waals surface area (Å²) >= 11 is 0. The molecule has 1 aliphatic rings. The number of nitrogens with one attached hydrogen (secondary N) is 1. The van der Waals surface area contributed by atoms with E-state index < -0.39 is 0 Å². The van der Waals surface area contributed by atoms with Gasteiger partial charge in [-0.2, -0.15) is 0 Å². The second kappa shape index (κ2) is 9.30. The van der Waals surface area contributed by atoms with Gasteiger partial charge in [0.25, 0.3) is 0 Å². The van der Waals surface area contributed by atoms with Crippen LogP contribution in [0.4, 0.5) is 5.69 Å². The second-order valence-electron chi connectivity index (χ2n) is 5.71. The van der Waals surface area contributed by atoms with Gasteiger partial charge in [-0.05, 0) is 31.5 Å². The van der Waals surface area contributed by atoms with Crippen LogP contribution in [0, 0.1) is 0 Å². The van der Waals surface area contributed by atoms with Crippen LogP contribution in [0.15, 0.2) is 35.3 Å². The lowest BCUT2D eigenvalue weighted by atomic mass is 10.2. The molecular formula is C17H29N5. The van der Waals surface area contributed by atoms with Gasteiger partial charge >= 0.3 is 0 Å². The Bertz CT molecular complexity index is 438. The molecule has 0 saturated carbocycles. The lowest BCUT2D eigenvalue weighted by Gasteiger charge is -2.36. The Kier molecular flexibility index (Phi) is 7.03. The summed E-state index contributed by atoms with van der Waals surface area (Å²) in [4.78, 5) is 9.22. The monoisotopic (exact) mass is 303 g/mol. The maximum atomic E-state index is 5.78. The molecular weight excluding hydrogens is 274 g/mol. The molecule has 1 heterocycles. The third kappa shape index (κ3) is 5.56. The van der Waals surface area contributed by atoms with Gasteiger partial charge in [0.15, 0.2) is 5.96 Å². The van der Waals surface area contributed by atoms with E-state index in [1.807, 2.05) is 0 Å². The Morgan fingerprint density at radius 1 is 1.18 bits per heavy atom. The molecule has 0 atom stereocenters. The molecule has 0 aromatic heterocycles. The third-order valence-electron chi connectivity index (χ3n) is 3.96. The lowest BCUT2D eigenvalue weighted by Crippen LogP contribution is -2.47. The van der Waals surface area contributed by atoms with Crippen molar-refractivity contribution in [3.8, 4) is 0 Å². The molecule has 0 spiro atoms. The summed E-state index contributed by atoms with van der Waals surface area (Å²) in [5.74, 6) is 0.579. The Morgan fingerprint density at radius 3 is 2.59 bits per heavy atom. The average Bonchev–Trinajstić information content (AvgIpc) is 2.58. The fourth-order valence-electron chi connectivity index (χ4n) is 2.68. The van der Waals surface area contributed by atoms with Crippen LogP contribution in [0.25, 0.3) is 0 Å². The molecule has 22 heavy (non-hydrogen) atoms. The number of benzene rings is 1. The van der Waals surface area contributed by atoms with Gasteiger partial charge in [-0.25, -0.2) is 0 Å². The van der Waals surface area contributed by atoms with E-state index in [-0.39, 0.29) is 0 Å². The van der Waals surface area contributed by atoms with Crippen molar-refractivity contribution in [2.75, 3.05) is 50.7 Å². The van der Waals surface area contributed by atoms with Crippen LogP contribution in [0.2, 0.25) is 0 Å². The molecule has 5 heteroatoms. The summed E-state index contributed by atoms with van der Waals surface area (Å²) in [6.45, 7) is 9.42. The van der Waals surface area contributed by atoms with Crippen LogP contribution in [-0.2, 0) is 0 Å². The number of hydrogen-bond acceptors (Lipinski definition) is 3. The molecule has 1 aromatic carbocycles. The summed E-state index contributed by atoms with van der Waals surface area (Å²) < 4.78 is 0. The van der Waals surface area contributed by atoms with Crippen molar-refractivity contribution in [2.45, 2.75) is 19.8 Å². The van der Waals surface area contributed by atoms with E-state index in [1.54, 1.807) is 0 Å². The highest BCUT2D eigenvalue weighted by Crippen LogP contribution is 2.15. The second-order valence-corrected chi connectivity index (χ2v) is 5.71. The Hall–Kier alpha value is -1.75. The first-order valence-electron chi connectivity index (χ1n) is 8.35. The Morgan fingerprint density at radius 2 is 1.91 bits per heavy atom. The van der Waals surface area contributed by atoms with E-state index in [2.05, 4.69) is 57.4 Å². The largest absolute Gasteiger partial charge is 0.370 e. The Balaban J connectivity index is 1.60. The average molecular weight is 303 g/mol. The van der Waals surface area contributed by atoms with Gasteiger partial charge in [-0.3, -0.25) is 9.89 Å². The fraction of sp³-hybridized carbons (Fsp3) is 0.588. The number of piperazine rings is 1. The van der Waals surface area contributed by atoms with Crippen molar-refractivity contribution < 1.29 is 0 Å². The van der Waals surface area contributed by atoms with E-state index in [9.17, 15) is 0 Å². The molecule has 2 rings (SSSR count). The van der Waals surface area contributed by atoms with Crippen molar-refractivity contribution in [3.63, 3.8) is 0 Å². The first-order chi connectivity index (χ1) is 10.8. The minimum atomic E-state index is 0.579. The maximum Gasteiger partial charge on any atom is 0.188 e. The molecule has 0 radical (unpaired) electrons. The van der Waals surface area contributed by atoms with E-state index in [0.29, 0.717) is 5.96 Å². The number of para-hydroxylation sites is 1. The van der Waals surface area contributed by atoms with Crippen LogP contribution in [0.3, 0.4) is 0 Å². The van der Waals surface area contributed by atoms with Crippen LogP contribution < -0.4 is 16.0 Å². The van der Waals surface area contributed by atoms with Crippen LogP contribution >= 0.6 is 0 Å². The van der Waals surface area contributed by atoms with Crippen molar-refractivity contribution in [1.82, 2.24) is 10.2 Å². The lowest BCUT2D eigenvalue weighted by molar-refractivity contribution is 0.255. The number of anilines is 1. The molecule has 1 aromatic rings. The molecule has 0 bridgehead atoms. The maximum absolute atomic E-state index is 5.78. The van der Waals surface area contributed by atoms with Crippen LogP contribution in [-0.4, -0.2) is 56.7 Å². The zero-order valence-electron chi connectivity index (χ0n) is 13.7. The van der Waals surface area contributed by atoms with Gasteiger partial charge in [-0.1, -0.05) is 25.1 Å². The highest BCUT2D eigenvalue weighted by atomic mass is 15.3. The minimum absolute atomic E-state index is 0.579. The number of hydrogen-bond donors (Lipinski definition) is 2. The molecule has 5 nitrogen and oxygen atoms in total. The zero-order chi connectivity index (χ0) is 15.6. The molecule has 1 fully saturated rings. The number of guanidine groups is 1. The van der Waals surface area contributed by atoms with Crippen molar-refractivity contribution >= 4 is 11.6 Å². The molecule has 0 aliphatic carbocycles. The number of aliphatic imine (C=N–C) groups is 1. The number of rotatable bonds is 7. The summed E-state index contributed by atoms with van der Waals surface area (Å²) in [7, 11) is 0. The summed E-state index contributed by atoms with van der Waals surface area (Å²) in [6.07, 6.45) is 2.14. The predicted octanol–water partition coefficient (Wildman–Crippen LogP) is 1.51. The first-order valence-corrected chi connectivity index (χ1v) is 8.35. The van der Waals surface area contributed by atoms with Crippen molar-refractivity contribution in [2.24, 2.45) is 10.7 Å². The van der Waals surface area contributed by atoms with Crippen LogP contribution in [0.1, 0.15) is 19.8 Å². The molecule has 1 aliphatic heterocycles. The first kappa shape index (κ1) is 16.6. The van der Waals surface area contributed by atoms with Gasteiger partial charge in [-0.15, -0.1) is 0 Å². The topological polar surface area (TPSA) is 56.9 Å². The fourth-order valence-corrected chi connectivity index (χ4v) is 2.68. The molecule has 3 N–H and O–H groups in total. The van der Waals surface area contributed by atoms with Crippen molar-refractivity contribution in [3.05, 3.63) is 30.3 Å². The summed E-state index contributed by atoms with van der Waals surface area (Å²) in [6, 6.07) is 10.7. The van der Waals surface area contributed by atoms with Gasteiger partial charge in [0.05, 0.1) is 0 Å². The van der Waals surface area contributed by atoms with Crippen LogP contribution in [0.5, 0.6) is 0 Å². The number of nitrogens with two attached hydrogens (primary N) is 1. The Labute approximate surface area is 134 Å². The van der Waals surface area contributed by atoms with E-state index in [0.717, 1.165) is 58.7 Å². The van der Waals surface area contributed by atoms with Gasteiger partial charge in [0.1, 0.15) is 0 Å². The third-order valence-corrected chi connectivity index (χ3v) is 3.96. The number of nitrogens with zero attached hydrogens (tertiary/aromatic N) is 3. The SMILES string of the molecule is CCCN=C(N)NCCCN1CCN(c2ccccc2)CC1.